The molecule has 144 valence electrons. The Morgan fingerprint density at radius 2 is 1.86 bits per heavy atom. The van der Waals surface area contributed by atoms with Crippen LogP contribution < -0.4 is 10.6 Å². The van der Waals surface area contributed by atoms with Crippen LogP contribution in [0.15, 0.2) is 36.7 Å². The van der Waals surface area contributed by atoms with Crippen molar-refractivity contribution in [3.05, 3.63) is 36.7 Å². The number of aryl methyl sites for hydroxylation is 1. The van der Waals surface area contributed by atoms with E-state index in [4.69, 9.17) is 0 Å². The number of aromatic nitrogens is 6. The summed E-state index contributed by atoms with van der Waals surface area (Å²) >= 11 is 0. The molecule has 0 saturated heterocycles. The van der Waals surface area contributed by atoms with E-state index >= 15 is 0 Å². The largest absolute Gasteiger partial charge is 0.350 e. The zero-order chi connectivity index (χ0) is 19.1. The SMILES string of the molecule is CNC1CCC(Nc2ncc3c(-c4ccc5nnn(C)c5c4)ccn3n2)CC1. The van der Waals surface area contributed by atoms with Crippen LogP contribution in [0.4, 0.5) is 5.95 Å². The van der Waals surface area contributed by atoms with E-state index in [1.54, 1.807) is 4.68 Å². The molecule has 0 amide bonds. The van der Waals surface area contributed by atoms with Gasteiger partial charge in [-0.3, -0.25) is 0 Å². The monoisotopic (exact) mass is 376 g/mol. The van der Waals surface area contributed by atoms with Crippen molar-refractivity contribution in [2.45, 2.75) is 37.8 Å². The normalized spacial score (nSPS) is 20.1. The molecule has 8 heteroatoms. The van der Waals surface area contributed by atoms with Gasteiger partial charge >= 0.3 is 0 Å². The number of anilines is 1. The molecule has 4 aromatic rings. The summed E-state index contributed by atoms with van der Waals surface area (Å²) in [5, 5.41) is 19.8. The molecule has 0 radical (unpaired) electrons. The molecular formula is C20H24N8. The standard InChI is InChI=1S/C20H24N8/c1-21-14-4-6-15(7-5-14)23-20-22-12-19-16(9-10-28(19)25-20)13-3-8-17-18(11-13)27(2)26-24-17/h3,8-12,14-15,21H,4-7H2,1-2H3,(H,23,25). The minimum Gasteiger partial charge on any atom is -0.350 e. The van der Waals surface area contributed by atoms with Crippen molar-refractivity contribution in [1.82, 2.24) is 34.9 Å². The number of hydrogen-bond donors (Lipinski definition) is 2. The number of hydrogen-bond acceptors (Lipinski definition) is 6. The molecule has 0 aliphatic heterocycles. The fourth-order valence-electron chi connectivity index (χ4n) is 4.12. The molecule has 3 heterocycles. The lowest BCUT2D eigenvalue weighted by Gasteiger charge is -2.28. The highest BCUT2D eigenvalue weighted by Crippen LogP contribution is 2.28. The number of nitrogens with zero attached hydrogens (tertiary/aromatic N) is 6. The Morgan fingerprint density at radius 1 is 1.04 bits per heavy atom. The van der Waals surface area contributed by atoms with Gasteiger partial charge in [-0.25, -0.2) is 14.2 Å². The van der Waals surface area contributed by atoms with E-state index in [0.717, 1.165) is 40.5 Å². The van der Waals surface area contributed by atoms with Crippen molar-refractivity contribution < 1.29 is 0 Å². The molecule has 1 aliphatic carbocycles. The Morgan fingerprint density at radius 3 is 2.68 bits per heavy atom. The minimum atomic E-state index is 0.442. The highest BCUT2D eigenvalue weighted by atomic mass is 15.4. The molecule has 1 aliphatic rings. The van der Waals surface area contributed by atoms with Gasteiger partial charge in [0.05, 0.1) is 17.2 Å². The first-order valence-corrected chi connectivity index (χ1v) is 9.79. The zero-order valence-electron chi connectivity index (χ0n) is 16.1. The van der Waals surface area contributed by atoms with Gasteiger partial charge in [0, 0.05) is 30.9 Å². The predicted octanol–water partition coefficient (Wildman–Crippen LogP) is 2.62. The molecule has 8 nitrogen and oxygen atoms in total. The Bertz CT molecular complexity index is 1120. The first-order chi connectivity index (χ1) is 13.7. The van der Waals surface area contributed by atoms with Gasteiger partial charge in [-0.05, 0) is 56.5 Å². The molecule has 0 atom stereocenters. The number of benzene rings is 1. The van der Waals surface area contributed by atoms with Crippen LogP contribution in [0.1, 0.15) is 25.7 Å². The molecule has 28 heavy (non-hydrogen) atoms. The molecule has 0 spiro atoms. The third-order valence-electron chi connectivity index (χ3n) is 5.81. The summed E-state index contributed by atoms with van der Waals surface area (Å²) in [6, 6.07) is 9.34. The van der Waals surface area contributed by atoms with Gasteiger partial charge in [0.2, 0.25) is 5.95 Å². The molecular weight excluding hydrogens is 352 g/mol. The van der Waals surface area contributed by atoms with Crippen LogP contribution in [0.2, 0.25) is 0 Å². The minimum absolute atomic E-state index is 0.442. The van der Waals surface area contributed by atoms with Crippen LogP contribution in [0.25, 0.3) is 27.7 Å². The van der Waals surface area contributed by atoms with Crippen LogP contribution in [-0.2, 0) is 7.05 Å². The lowest BCUT2D eigenvalue weighted by atomic mass is 9.91. The first kappa shape index (κ1) is 17.1. The van der Waals surface area contributed by atoms with Crippen molar-refractivity contribution in [3.63, 3.8) is 0 Å². The van der Waals surface area contributed by atoms with E-state index in [9.17, 15) is 0 Å². The van der Waals surface area contributed by atoms with Crippen LogP contribution in [0.5, 0.6) is 0 Å². The maximum atomic E-state index is 4.67. The fraction of sp³-hybridized carbons (Fsp3) is 0.400. The van der Waals surface area contributed by atoms with E-state index in [1.807, 2.05) is 37.1 Å². The third kappa shape index (κ3) is 2.99. The maximum Gasteiger partial charge on any atom is 0.241 e. The summed E-state index contributed by atoms with van der Waals surface area (Å²) in [7, 11) is 3.95. The smallest absolute Gasteiger partial charge is 0.241 e. The summed E-state index contributed by atoms with van der Waals surface area (Å²) < 4.78 is 3.69. The van der Waals surface area contributed by atoms with Crippen molar-refractivity contribution >= 4 is 22.5 Å². The van der Waals surface area contributed by atoms with Gasteiger partial charge in [0.15, 0.2) is 0 Å². The van der Waals surface area contributed by atoms with Gasteiger partial charge in [-0.2, -0.15) is 0 Å². The molecule has 5 rings (SSSR count). The summed E-state index contributed by atoms with van der Waals surface area (Å²) in [4.78, 5) is 4.58. The van der Waals surface area contributed by atoms with E-state index in [1.165, 1.54) is 12.8 Å². The molecule has 0 bridgehead atoms. The summed E-state index contributed by atoms with van der Waals surface area (Å²) in [6.45, 7) is 0. The van der Waals surface area contributed by atoms with Gasteiger partial charge in [0.1, 0.15) is 5.52 Å². The molecule has 1 saturated carbocycles. The van der Waals surface area contributed by atoms with Crippen molar-refractivity contribution in [2.75, 3.05) is 12.4 Å². The summed E-state index contributed by atoms with van der Waals surface area (Å²) in [6.07, 6.45) is 8.55. The van der Waals surface area contributed by atoms with Gasteiger partial charge < -0.3 is 10.6 Å². The van der Waals surface area contributed by atoms with Crippen molar-refractivity contribution in [3.8, 4) is 11.1 Å². The lowest BCUT2D eigenvalue weighted by Crippen LogP contribution is -2.35. The van der Waals surface area contributed by atoms with Gasteiger partial charge in [-0.1, -0.05) is 11.3 Å². The summed E-state index contributed by atoms with van der Waals surface area (Å²) in [5.41, 5.74) is 5.09. The second-order valence-electron chi connectivity index (χ2n) is 7.54. The first-order valence-electron chi connectivity index (χ1n) is 9.79. The fourth-order valence-corrected chi connectivity index (χ4v) is 4.12. The number of fused-ring (bicyclic) bond motifs is 2. The topological polar surface area (TPSA) is 85.0 Å². The molecule has 1 aromatic carbocycles. The quantitative estimate of drug-likeness (QED) is 0.570. The second kappa shape index (κ2) is 6.87. The highest BCUT2D eigenvalue weighted by molar-refractivity contribution is 5.87. The zero-order valence-corrected chi connectivity index (χ0v) is 16.1. The Labute approximate surface area is 163 Å². The van der Waals surface area contributed by atoms with Crippen LogP contribution >= 0.6 is 0 Å². The molecule has 1 fully saturated rings. The molecule has 3 aromatic heterocycles. The van der Waals surface area contributed by atoms with Crippen LogP contribution in [0.3, 0.4) is 0 Å². The van der Waals surface area contributed by atoms with Gasteiger partial charge in [0.25, 0.3) is 0 Å². The van der Waals surface area contributed by atoms with Crippen LogP contribution in [0, 0.1) is 0 Å². The Kier molecular flexibility index (Phi) is 4.20. The van der Waals surface area contributed by atoms with E-state index in [0.29, 0.717) is 18.0 Å². The lowest BCUT2D eigenvalue weighted by molar-refractivity contribution is 0.370. The summed E-state index contributed by atoms with van der Waals surface area (Å²) in [5.74, 6) is 0.689. The van der Waals surface area contributed by atoms with E-state index < -0.39 is 0 Å². The van der Waals surface area contributed by atoms with E-state index in [2.05, 4.69) is 49.2 Å². The van der Waals surface area contributed by atoms with Crippen LogP contribution in [-0.4, -0.2) is 48.7 Å². The van der Waals surface area contributed by atoms with Gasteiger partial charge in [-0.15, -0.1) is 10.2 Å². The molecule has 0 unspecified atom stereocenters. The third-order valence-corrected chi connectivity index (χ3v) is 5.81. The second-order valence-corrected chi connectivity index (χ2v) is 7.54. The maximum absolute atomic E-state index is 4.67. The average Bonchev–Trinajstić information content (AvgIpc) is 3.32. The van der Waals surface area contributed by atoms with Crippen molar-refractivity contribution in [1.29, 1.82) is 0 Å². The van der Waals surface area contributed by atoms with Crippen molar-refractivity contribution in [2.24, 2.45) is 7.05 Å². The Hall–Kier alpha value is -3.00. The molecule has 2 N–H and O–H groups in total. The van der Waals surface area contributed by atoms with E-state index in [-0.39, 0.29) is 0 Å². The number of rotatable bonds is 4. The average molecular weight is 376 g/mol. The Balaban J connectivity index is 1.41. The number of nitrogens with one attached hydrogen (secondary N) is 2. The predicted molar refractivity (Wildman–Crippen MR) is 109 cm³/mol. The highest BCUT2D eigenvalue weighted by Gasteiger charge is 2.20.